The van der Waals surface area contributed by atoms with Crippen LogP contribution in [0.15, 0.2) is 66.7 Å². The highest BCUT2D eigenvalue weighted by Crippen LogP contribution is 2.33. The van der Waals surface area contributed by atoms with Crippen LogP contribution in [0.3, 0.4) is 0 Å². The molecule has 3 heteroatoms. The minimum Gasteiger partial charge on any atom is -0.248 e. The van der Waals surface area contributed by atoms with E-state index in [0.717, 1.165) is 38.5 Å². The Kier molecular flexibility index (Phi) is 3.36. The first-order valence-corrected chi connectivity index (χ1v) is 7.64. The van der Waals surface area contributed by atoms with E-state index in [0.29, 0.717) is 0 Å². The molecular weight excluding hydrogens is 305 g/mol. The summed E-state index contributed by atoms with van der Waals surface area (Å²) in [5.74, 6) is -0.251. The number of hydrogen-bond donors (Lipinski definition) is 0. The number of para-hydroxylation sites is 1. The zero-order valence-corrected chi connectivity index (χ0v) is 12.9. The van der Waals surface area contributed by atoms with Crippen LogP contribution < -0.4 is 0 Å². The van der Waals surface area contributed by atoms with Crippen LogP contribution in [0.4, 0.5) is 4.39 Å². The molecule has 0 aliphatic rings. The Hall–Kier alpha value is -2.65. The topological polar surface area (TPSA) is 12.9 Å². The second-order valence-electron chi connectivity index (χ2n) is 5.31. The fourth-order valence-corrected chi connectivity index (χ4v) is 3.13. The van der Waals surface area contributed by atoms with Crippen molar-refractivity contribution < 1.29 is 4.39 Å². The van der Waals surface area contributed by atoms with E-state index in [1.54, 1.807) is 12.1 Å². The van der Waals surface area contributed by atoms with E-state index in [9.17, 15) is 4.39 Å². The minimum absolute atomic E-state index is 0.251. The van der Waals surface area contributed by atoms with Gasteiger partial charge in [0.05, 0.1) is 16.4 Å². The highest BCUT2D eigenvalue weighted by molar-refractivity contribution is 7.79. The van der Waals surface area contributed by atoms with Crippen molar-refractivity contribution in [2.75, 3.05) is 0 Å². The van der Waals surface area contributed by atoms with Gasteiger partial charge in [-0.05, 0) is 35.4 Å². The molecule has 0 bridgehead atoms. The zero-order chi connectivity index (χ0) is 15.8. The third kappa shape index (κ3) is 2.30. The maximum absolute atomic E-state index is 13.2. The Labute approximate surface area is 138 Å². The third-order valence-corrected chi connectivity index (χ3v) is 4.17. The lowest BCUT2D eigenvalue weighted by Crippen LogP contribution is -1.93. The molecule has 0 amide bonds. The molecule has 0 fully saturated rings. The van der Waals surface area contributed by atoms with Crippen LogP contribution in [0.5, 0.6) is 0 Å². The maximum Gasteiger partial charge on any atom is 0.123 e. The molecule has 0 saturated heterocycles. The summed E-state index contributed by atoms with van der Waals surface area (Å²) in [6.45, 7) is 0. The second-order valence-corrected chi connectivity index (χ2v) is 5.52. The van der Waals surface area contributed by atoms with Crippen LogP contribution in [0, 0.1) is 5.82 Å². The van der Waals surface area contributed by atoms with Gasteiger partial charge in [0.25, 0.3) is 0 Å². The van der Waals surface area contributed by atoms with Gasteiger partial charge < -0.3 is 0 Å². The van der Waals surface area contributed by atoms with Crippen LogP contribution in [0.1, 0.15) is 5.56 Å². The number of fused-ring (bicyclic) bond motifs is 2. The van der Waals surface area contributed by atoms with Gasteiger partial charge in [-0.1, -0.05) is 54.7 Å². The first-order chi connectivity index (χ1) is 11.3. The molecule has 0 atom stereocenters. The van der Waals surface area contributed by atoms with Crippen molar-refractivity contribution in [3.8, 4) is 11.1 Å². The fourth-order valence-electron chi connectivity index (χ4n) is 2.92. The molecule has 23 heavy (non-hydrogen) atoms. The van der Waals surface area contributed by atoms with Crippen molar-refractivity contribution in [3.63, 3.8) is 0 Å². The molecule has 109 valence electrons. The molecule has 0 aliphatic carbocycles. The predicted molar refractivity (Wildman–Crippen MR) is 96.3 cm³/mol. The van der Waals surface area contributed by atoms with E-state index in [1.165, 1.54) is 12.1 Å². The molecule has 0 saturated carbocycles. The summed E-state index contributed by atoms with van der Waals surface area (Å²) in [4.78, 5) is 4.73. The largest absolute Gasteiger partial charge is 0.248 e. The molecule has 1 heterocycles. The van der Waals surface area contributed by atoms with Crippen molar-refractivity contribution in [3.05, 3.63) is 78.1 Å². The normalized spacial score (nSPS) is 11.0. The molecule has 1 nitrogen and oxygen atoms in total. The van der Waals surface area contributed by atoms with Gasteiger partial charge >= 0.3 is 0 Å². The van der Waals surface area contributed by atoms with Crippen LogP contribution in [0.2, 0.25) is 0 Å². The standard InChI is InChI=1S/C20H11FNS/c21-14-10-8-13(9-11-14)15-5-3-7-19-20(15)17(12-23)16-4-1-2-6-18(16)22-19/h1-11H. The lowest BCUT2D eigenvalue weighted by Gasteiger charge is -2.11. The van der Waals surface area contributed by atoms with Gasteiger partial charge in [0.15, 0.2) is 0 Å². The molecule has 3 aromatic carbocycles. The summed E-state index contributed by atoms with van der Waals surface area (Å²) in [7, 11) is 0. The first-order valence-electron chi connectivity index (χ1n) is 7.23. The van der Waals surface area contributed by atoms with Gasteiger partial charge in [-0.15, -0.1) is 0 Å². The molecule has 1 aromatic heterocycles. The van der Waals surface area contributed by atoms with Crippen molar-refractivity contribution in [2.45, 2.75) is 0 Å². The van der Waals surface area contributed by atoms with E-state index in [1.807, 2.05) is 42.5 Å². The van der Waals surface area contributed by atoms with Gasteiger partial charge in [-0.2, -0.15) is 0 Å². The molecule has 0 aliphatic heterocycles. The summed E-state index contributed by atoms with van der Waals surface area (Å²) >= 11 is 5.17. The Morgan fingerprint density at radius 2 is 1.57 bits per heavy atom. The number of pyridine rings is 1. The summed E-state index contributed by atoms with van der Waals surface area (Å²) in [5.41, 5.74) is 4.52. The summed E-state index contributed by atoms with van der Waals surface area (Å²) in [5, 5.41) is 4.83. The highest BCUT2D eigenvalue weighted by Gasteiger charge is 2.12. The lowest BCUT2D eigenvalue weighted by molar-refractivity contribution is 0.628. The van der Waals surface area contributed by atoms with E-state index >= 15 is 0 Å². The number of rotatable bonds is 2. The zero-order valence-electron chi connectivity index (χ0n) is 12.1. The predicted octanol–water partition coefficient (Wildman–Crippen LogP) is 5.42. The monoisotopic (exact) mass is 316 g/mol. The van der Waals surface area contributed by atoms with Crippen molar-refractivity contribution >= 4 is 39.4 Å². The van der Waals surface area contributed by atoms with Gasteiger partial charge in [0.1, 0.15) is 5.82 Å². The Bertz CT molecular complexity index is 1040. The van der Waals surface area contributed by atoms with Gasteiger partial charge in [0, 0.05) is 16.3 Å². The Morgan fingerprint density at radius 3 is 2.35 bits per heavy atom. The number of nitrogens with zero attached hydrogens (tertiary/aromatic N) is 1. The highest BCUT2D eigenvalue weighted by atomic mass is 32.1. The number of benzene rings is 3. The Balaban J connectivity index is 2.15. The number of halogens is 1. The molecule has 0 unspecified atom stereocenters. The molecule has 4 aromatic rings. The number of aromatic nitrogens is 1. The molecule has 0 N–H and O–H groups in total. The SMILES string of the molecule is Fc1ccc(-c2cccc3nc4ccccc4c([C]=S)c23)cc1. The lowest BCUT2D eigenvalue weighted by atomic mass is 9.95. The van der Waals surface area contributed by atoms with Crippen LogP contribution >= 0.6 is 12.2 Å². The van der Waals surface area contributed by atoms with Gasteiger partial charge in [-0.3, -0.25) is 0 Å². The van der Waals surface area contributed by atoms with E-state index in [4.69, 9.17) is 17.2 Å². The van der Waals surface area contributed by atoms with Crippen molar-refractivity contribution in [1.82, 2.24) is 4.98 Å². The van der Waals surface area contributed by atoms with E-state index in [-0.39, 0.29) is 5.82 Å². The first kappa shape index (κ1) is 14.0. The fraction of sp³-hybridized carbons (Fsp3) is 0. The average molecular weight is 316 g/mol. The number of hydrogen-bond acceptors (Lipinski definition) is 2. The molecule has 0 spiro atoms. The number of thiocarbonyl (C=S) groups is 1. The quantitative estimate of drug-likeness (QED) is 0.362. The van der Waals surface area contributed by atoms with E-state index in [2.05, 4.69) is 5.37 Å². The molecular formula is C20H11FNS. The smallest absolute Gasteiger partial charge is 0.123 e. The maximum atomic E-state index is 13.2. The summed E-state index contributed by atoms with van der Waals surface area (Å²) < 4.78 is 13.2. The van der Waals surface area contributed by atoms with E-state index < -0.39 is 0 Å². The van der Waals surface area contributed by atoms with Crippen LogP contribution in [0.25, 0.3) is 32.9 Å². The Morgan fingerprint density at radius 1 is 0.826 bits per heavy atom. The summed E-state index contributed by atoms with van der Waals surface area (Å²) in [6, 6.07) is 20.3. The summed E-state index contributed by atoms with van der Waals surface area (Å²) in [6.07, 6.45) is 0. The third-order valence-electron chi connectivity index (χ3n) is 3.96. The van der Waals surface area contributed by atoms with Gasteiger partial charge in [-0.25, -0.2) is 9.37 Å². The van der Waals surface area contributed by atoms with Crippen molar-refractivity contribution in [1.29, 1.82) is 0 Å². The van der Waals surface area contributed by atoms with Crippen LogP contribution in [-0.4, -0.2) is 10.4 Å². The van der Waals surface area contributed by atoms with Crippen LogP contribution in [-0.2, 0) is 0 Å². The molecule has 4 rings (SSSR count). The average Bonchev–Trinajstić information content (AvgIpc) is 2.60. The molecule has 1 radical (unpaired) electrons. The second kappa shape index (κ2) is 5.52. The van der Waals surface area contributed by atoms with Crippen molar-refractivity contribution in [2.24, 2.45) is 0 Å². The minimum atomic E-state index is -0.251. The van der Waals surface area contributed by atoms with Gasteiger partial charge in [0.2, 0.25) is 0 Å².